The number of rotatable bonds is 11. The number of aliphatic imine (C=N–C) groups is 1. The summed E-state index contributed by atoms with van der Waals surface area (Å²) in [7, 11) is 6.58. The van der Waals surface area contributed by atoms with Crippen LogP contribution in [0.15, 0.2) is 54.0 Å². The molecule has 0 saturated heterocycles. The summed E-state index contributed by atoms with van der Waals surface area (Å²) >= 11 is 0. The van der Waals surface area contributed by atoms with Gasteiger partial charge in [-0.2, -0.15) is 0 Å². The molecule has 0 aliphatic rings. The second-order valence-electron chi connectivity index (χ2n) is 6.30. The molecule has 0 saturated carbocycles. The molecule has 2 aromatic rings. The average molecular weight is 414 g/mol. The van der Waals surface area contributed by atoms with Gasteiger partial charge in [0.1, 0.15) is 12.4 Å². The second-order valence-corrected chi connectivity index (χ2v) is 6.30. The molecule has 0 bridgehead atoms. The number of hydrogen-bond donors (Lipinski definition) is 2. The Kier molecular flexibility index (Phi) is 9.37. The van der Waals surface area contributed by atoms with Gasteiger partial charge in [0.25, 0.3) is 0 Å². The Morgan fingerprint density at radius 3 is 2.37 bits per heavy atom. The minimum atomic E-state index is 0.469. The number of nitrogens with one attached hydrogen (secondary N) is 2. The third-order valence-electron chi connectivity index (χ3n) is 4.47. The van der Waals surface area contributed by atoms with E-state index in [4.69, 9.17) is 18.9 Å². The van der Waals surface area contributed by atoms with Crippen LogP contribution in [0.2, 0.25) is 0 Å². The maximum Gasteiger partial charge on any atom is 0.203 e. The molecular weight excluding hydrogens is 382 g/mol. The molecule has 0 aromatic heterocycles. The zero-order valence-corrected chi connectivity index (χ0v) is 18.2. The summed E-state index contributed by atoms with van der Waals surface area (Å²) < 4.78 is 22.0. The maximum absolute atomic E-state index is 5.70. The van der Waals surface area contributed by atoms with E-state index in [1.54, 1.807) is 34.5 Å². The molecule has 7 heteroatoms. The number of ether oxygens (including phenoxy) is 4. The van der Waals surface area contributed by atoms with Crippen LogP contribution in [0.4, 0.5) is 0 Å². The van der Waals surface area contributed by atoms with Crippen LogP contribution in [0, 0.1) is 0 Å². The van der Waals surface area contributed by atoms with E-state index in [-0.39, 0.29) is 0 Å². The van der Waals surface area contributed by atoms with E-state index < -0.39 is 0 Å². The van der Waals surface area contributed by atoms with Gasteiger partial charge in [0.2, 0.25) is 5.75 Å². The normalized spacial score (nSPS) is 10.9. The summed E-state index contributed by atoms with van der Waals surface area (Å²) in [6.07, 6.45) is 2.45. The van der Waals surface area contributed by atoms with Crippen molar-refractivity contribution >= 4 is 5.96 Å². The molecule has 30 heavy (non-hydrogen) atoms. The molecule has 2 N–H and O–H groups in total. The standard InChI is InChI=1S/C23H31N3O4/c1-6-15-30-19-10-8-7-9-18(19)16-26-23(24-2)25-14-13-17-11-12-20(27-3)22(29-5)21(17)28-4/h6-12H,1,13-16H2,2-5H3,(H2,24,25,26). The highest BCUT2D eigenvalue weighted by Crippen LogP contribution is 2.39. The molecule has 2 rings (SSSR count). The number of nitrogens with zero attached hydrogens (tertiary/aromatic N) is 1. The van der Waals surface area contributed by atoms with Gasteiger partial charge in [-0.3, -0.25) is 4.99 Å². The van der Waals surface area contributed by atoms with E-state index in [2.05, 4.69) is 22.2 Å². The Morgan fingerprint density at radius 1 is 0.933 bits per heavy atom. The fourth-order valence-corrected chi connectivity index (χ4v) is 3.01. The van der Waals surface area contributed by atoms with Crippen molar-refractivity contribution in [3.63, 3.8) is 0 Å². The number of guanidine groups is 1. The van der Waals surface area contributed by atoms with Crippen molar-refractivity contribution < 1.29 is 18.9 Å². The zero-order valence-electron chi connectivity index (χ0n) is 18.2. The van der Waals surface area contributed by atoms with Gasteiger partial charge < -0.3 is 29.6 Å². The summed E-state index contributed by atoms with van der Waals surface area (Å²) in [5, 5.41) is 6.64. The number of para-hydroxylation sites is 1. The Bertz CT molecular complexity index is 852. The van der Waals surface area contributed by atoms with Crippen molar-refractivity contribution in [1.82, 2.24) is 10.6 Å². The first-order valence-corrected chi connectivity index (χ1v) is 9.72. The van der Waals surface area contributed by atoms with Crippen LogP contribution in [0.5, 0.6) is 23.0 Å². The maximum atomic E-state index is 5.70. The van der Waals surface area contributed by atoms with Gasteiger partial charge in [-0.1, -0.05) is 36.9 Å². The van der Waals surface area contributed by atoms with Crippen molar-refractivity contribution in [3.8, 4) is 23.0 Å². The van der Waals surface area contributed by atoms with Gasteiger partial charge >= 0.3 is 0 Å². The molecule has 0 aliphatic heterocycles. The van der Waals surface area contributed by atoms with Gasteiger partial charge in [-0.15, -0.1) is 0 Å². The van der Waals surface area contributed by atoms with E-state index in [0.29, 0.717) is 42.9 Å². The first kappa shape index (κ1) is 22.9. The Hall–Kier alpha value is -3.35. The third-order valence-corrected chi connectivity index (χ3v) is 4.47. The summed E-state index contributed by atoms with van der Waals surface area (Å²) in [4.78, 5) is 4.29. The predicted octanol–water partition coefficient (Wildman–Crippen LogP) is 3.18. The van der Waals surface area contributed by atoms with E-state index >= 15 is 0 Å². The monoisotopic (exact) mass is 413 g/mol. The van der Waals surface area contributed by atoms with Crippen molar-refractivity contribution in [2.24, 2.45) is 4.99 Å². The first-order chi connectivity index (χ1) is 14.7. The number of methoxy groups -OCH3 is 3. The van der Waals surface area contributed by atoms with Gasteiger partial charge in [0.15, 0.2) is 17.5 Å². The van der Waals surface area contributed by atoms with Crippen LogP contribution in [0.25, 0.3) is 0 Å². The van der Waals surface area contributed by atoms with Gasteiger partial charge in [0, 0.05) is 31.3 Å². The number of benzene rings is 2. The Labute approximate surface area is 178 Å². The summed E-state index contributed by atoms with van der Waals surface area (Å²) in [6, 6.07) is 11.8. The lowest BCUT2D eigenvalue weighted by Crippen LogP contribution is -2.38. The lowest BCUT2D eigenvalue weighted by Gasteiger charge is -2.17. The van der Waals surface area contributed by atoms with Crippen LogP contribution in [-0.2, 0) is 13.0 Å². The van der Waals surface area contributed by atoms with Crippen LogP contribution in [-0.4, -0.2) is 47.5 Å². The average Bonchev–Trinajstić information content (AvgIpc) is 2.79. The molecule has 7 nitrogen and oxygen atoms in total. The quantitative estimate of drug-likeness (QED) is 0.335. The Balaban J connectivity index is 1.95. The molecule has 0 amide bonds. The smallest absolute Gasteiger partial charge is 0.203 e. The van der Waals surface area contributed by atoms with Gasteiger partial charge in [-0.25, -0.2) is 0 Å². The van der Waals surface area contributed by atoms with E-state index in [9.17, 15) is 0 Å². The minimum absolute atomic E-state index is 0.469. The van der Waals surface area contributed by atoms with Crippen molar-refractivity contribution in [2.75, 3.05) is 41.5 Å². The Morgan fingerprint density at radius 2 is 1.70 bits per heavy atom. The SMILES string of the molecule is C=CCOc1ccccc1CNC(=NC)NCCc1ccc(OC)c(OC)c1OC. The summed E-state index contributed by atoms with van der Waals surface area (Å²) in [5.74, 6) is 3.44. The topological polar surface area (TPSA) is 73.3 Å². The zero-order chi connectivity index (χ0) is 21.8. The van der Waals surface area contributed by atoms with E-state index in [1.807, 2.05) is 36.4 Å². The van der Waals surface area contributed by atoms with Gasteiger partial charge in [0.05, 0.1) is 21.3 Å². The van der Waals surface area contributed by atoms with Crippen LogP contribution >= 0.6 is 0 Å². The summed E-state index contributed by atoms with van der Waals surface area (Å²) in [5.41, 5.74) is 2.06. The number of hydrogen-bond acceptors (Lipinski definition) is 5. The fourth-order valence-electron chi connectivity index (χ4n) is 3.01. The van der Waals surface area contributed by atoms with E-state index in [1.165, 1.54) is 0 Å². The molecular formula is C23H31N3O4. The molecule has 2 aromatic carbocycles. The lowest BCUT2D eigenvalue weighted by molar-refractivity contribution is 0.322. The molecule has 0 fully saturated rings. The summed E-state index contributed by atoms with van der Waals surface area (Å²) in [6.45, 7) is 5.42. The minimum Gasteiger partial charge on any atom is -0.493 e. The van der Waals surface area contributed by atoms with E-state index in [0.717, 1.165) is 23.3 Å². The molecule has 0 atom stereocenters. The van der Waals surface area contributed by atoms with Crippen LogP contribution in [0.3, 0.4) is 0 Å². The lowest BCUT2D eigenvalue weighted by atomic mass is 10.1. The largest absolute Gasteiger partial charge is 0.493 e. The predicted molar refractivity (Wildman–Crippen MR) is 120 cm³/mol. The molecule has 0 unspecified atom stereocenters. The molecule has 0 spiro atoms. The molecule has 162 valence electrons. The molecule has 0 heterocycles. The highest BCUT2D eigenvalue weighted by Gasteiger charge is 2.15. The van der Waals surface area contributed by atoms with Crippen molar-refractivity contribution in [3.05, 3.63) is 60.2 Å². The highest BCUT2D eigenvalue weighted by atomic mass is 16.5. The third kappa shape index (κ3) is 6.07. The second kappa shape index (κ2) is 12.3. The van der Waals surface area contributed by atoms with Crippen LogP contribution < -0.4 is 29.6 Å². The van der Waals surface area contributed by atoms with Gasteiger partial charge in [-0.05, 0) is 18.6 Å². The fraction of sp³-hybridized carbons (Fsp3) is 0.348. The van der Waals surface area contributed by atoms with Crippen molar-refractivity contribution in [2.45, 2.75) is 13.0 Å². The molecule has 0 aliphatic carbocycles. The first-order valence-electron chi connectivity index (χ1n) is 9.72. The highest BCUT2D eigenvalue weighted by molar-refractivity contribution is 5.79. The van der Waals surface area contributed by atoms with Crippen LogP contribution in [0.1, 0.15) is 11.1 Å². The van der Waals surface area contributed by atoms with Crippen molar-refractivity contribution in [1.29, 1.82) is 0 Å². The molecule has 0 radical (unpaired) electrons.